The van der Waals surface area contributed by atoms with Gasteiger partial charge >= 0.3 is 5.97 Å². The number of benzene rings is 2. The fourth-order valence-corrected chi connectivity index (χ4v) is 3.77. The van der Waals surface area contributed by atoms with E-state index < -0.39 is 22.0 Å². The third kappa shape index (κ3) is 4.50. The van der Waals surface area contributed by atoms with Gasteiger partial charge in [0.15, 0.2) is 0 Å². The Morgan fingerprint density at radius 3 is 2.44 bits per heavy atom. The number of carbonyl (C=O) groups is 1. The molecule has 0 bridgehead atoms. The van der Waals surface area contributed by atoms with E-state index in [4.69, 9.17) is 16.3 Å². The van der Waals surface area contributed by atoms with E-state index in [0.29, 0.717) is 16.3 Å². The molecule has 0 fully saturated rings. The van der Waals surface area contributed by atoms with Crippen molar-refractivity contribution in [1.82, 2.24) is 4.31 Å². The van der Waals surface area contributed by atoms with Gasteiger partial charge in [0.1, 0.15) is 11.8 Å². The van der Waals surface area contributed by atoms with Crippen molar-refractivity contribution in [2.24, 2.45) is 0 Å². The number of methoxy groups -OCH3 is 1. The quantitative estimate of drug-likeness (QED) is 0.794. The van der Waals surface area contributed by atoms with Crippen LogP contribution in [0.25, 0.3) is 0 Å². The van der Waals surface area contributed by atoms with Crippen LogP contribution in [0.2, 0.25) is 5.02 Å². The van der Waals surface area contributed by atoms with Gasteiger partial charge in [-0.15, -0.1) is 0 Å². The number of carboxylic acid groups (broad SMARTS) is 1. The second-order valence-electron chi connectivity index (χ2n) is 5.38. The molecule has 6 nitrogen and oxygen atoms in total. The standard InChI is InChI=1S/C17H18ClNO5S/c1-19(25(22,23)15-8-6-13(18)7-9-15)16(17(20)21)11-12-4-3-5-14(10-12)24-2/h3-10,16H,11H2,1-2H3,(H,20,21)/t16-/m1/s1. The molecule has 0 aromatic heterocycles. The fourth-order valence-electron chi connectivity index (χ4n) is 2.33. The van der Waals surface area contributed by atoms with Crippen LogP contribution in [0, 0.1) is 0 Å². The number of aliphatic carboxylic acids is 1. The summed E-state index contributed by atoms with van der Waals surface area (Å²) >= 11 is 5.78. The van der Waals surface area contributed by atoms with Crippen LogP contribution in [0.3, 0.4) is 0 Å². The van der Waals surface area contributed by atoms with E-state index in [1.807, 2.05) is 0 Å². The summed E-state index contributed by atoms with van der Waals surface area (Å²) in [7, 11) is -1.22. The predicted molar refractivity (Wildman–Crippen MR) is 94.5 cm³/mol. The Morgan fingerprint density at radius 1 is 1.24 bits per heavy atom. The minimum Gasteiger partial charge on any atom is -0.497 e. The average molecular weight is 384 g/mol. The molecule has 0 aliphatic rings. The summed E-state index contributed by atoms with van der Waals surface area (Å²) in [6.07, 6.45) is 0.00977. The van der Waals surface area contributed by atoms with Gasteiger partial charge in [-0.25, -0.2) is 8.42 Å². The van der Waals surface area contributed by atoms with E-state index in [0.717, 1.165) is 4.31 Å². The molecule has 0 saturated carbocycles. The van der Waals surface area contributed by atoms with E-state index in [-0.39, 0.29) is 11.3 Å². The Morgan fingerprint density at radius 2 is 1.88 bits per heavy atom. The smallest absolute Gasteiger partial charge is 0.322 e. The van der Waals surface area contributed by atoms with Crippen LogP contribution in [0.1, 0.15) is 5.56 Å². The van der Waals surface area contributed by atoms with Crippen molar-refractivity contribution in [1.29, 1.82) is 0 Å². The second kappa shape index (κ2) is 7.86. The van der Waals surface area contributed by atoms with Crippen molar-refractivity contribution < 1.29 is 23.1 Å². The van der Waals surface area contributed by atoms with Crippen LogP contribution in [-0.2, 0) is 21.2 Å². The number of hydrogen-bond donors (Lipinski definition) is 1. The third-order valence-corrected chi connectivity index (χ3v) is 5.91. The van der Waals surface area contributed by atoms with Gasteiger partial charge in [-0.3, -0.25) is 4.79 Å². The van der Waals surface area contributed by atoms with Gasteiger partial charge in [0, 0.05) is 12.1 Å². The molecule has 1 atom stereocenters. The highest BCUT2D eigenvalue weighted by molar-refractivity contribution is 7.89. The molecule has 0 unspecified atom stereocenters. The number of nitrogens with zero attached hydrogens (tertiary/aromatic N) is 1. The predicted octanol–water partition coefficient (Wildman–Crippen LogP) is 2.67. The molecule has 0 aliphatic carbocycles. The van der Waals surface area contributed by atoms with Gasteiger partial charge in [-0.2, -0.15) is 4.31 Å². The van der Waals surface area contributed by atoms with E-state index in [1.165, 1.54) is 38.4 Å². The van der Waals surface area contributed by atoms with Crippen LogP contribution in [0.5, 0.6) is 5.75 Å². The van der Waals surface area contributed by atoms with Gasteiger partial charge in [-0.1, -0.05) is 23.7 Å². The first-order chi connectivity index (χ1) is 11.8. The van der Waals surface area contributed by atoms with Crippen molar-refractivity contribution in [3.63, 3.8) is 0 Å². The molecule has 25 heavy (non-hydrogen) atoms. The van der Waals surface area contributed by atoms with Crippen molar-refractivity contribution in [3.05, 3.63) is 59.1 Å². The van der Waals surface area contributed by atoms with Gasteiger partial charge in [0.25, 0.3) is 0 Å². The molecule has 2 aromatic carbocycles. The molecule has 0 heterocycles. The maximum absolute atomic E-state index is 12.7. The van der Waals surface area contributed by atoms with Crippen LogP contribution in [-0.4, -0.2) is 44.0 Å². The molecule has 0 aliphatic heterocycles. The van der Waals surface area contributed by atoms with Crippen molar-refractivity contribution >= 4 is 27.6 Å². The lowest BCUT2D eigenvalue weighted by atomic mass is 10.1. The van der Waals surface area contributed by atoms with Crippen LogP contribution >= 0.6 is 11.6 Å². The topological polar surface area (TPSA) is 83.9 Å². The Labute approximate surface area is 151 Å². The highest BCUT2D eigenvalue weighted by atomic mass is 35.5. The summed E-state index contributed by atoms with van der Waals surface area (Å²) in [6, 6.07) is 11.2. The zero-order valence-corrected chi connectivity index (χ0v) is 15.3. The van der Waals surface area contributed by atoms with Gasteiger partial charge in [0.2, 0.25) is 10.0 Å². The molecule has 2 aromatic rings. The molecule has 1 N–H and O–H groups in total. The lowest BCUT2D eigenvalue weighted by molar-refractivity contribution is -0.141. The Hall–Kier alpha value is -2.09. The molecule has 0 amide bonds. The molecule has 8 heteroatoms. The molecule has 0 spiro atoms. The third-order valence-electron chi connectivity index (χ3n) is 3.78. The SMILES string of the molecule is COc1cccc(C[C@H](C(=O)O)N(C)S(=O)(=O)c2ccc(Cl)cc2)c1. The van der Waals surface area contributed by atoms with E-state index in [1.54, 1.807) is 24.3 Å². The maximum Gasteiger partial charge on any atom is 0.322 e. The largest absolute Gasteiger partial charge is 0.497 e. The molecule has 134 valence electrons. The molecule has 0 saturated heterocycles. The maximum atomic E-state index is 12.7. The summed E-state index contributed by atoms with van der Waals surface area (Å²) in [6.45, 7) is 0. The monoisotopic (exact) mass is 383 g/mol. The number of ether oxygens (including phenoxy) is 1. The van der Waals surface area contributed by atoms with E-state index in [2.05, 4.69) is 0 Å². The minimum absolute atomic E-state index is 0.00977. The number of sulfonamides is 1. The zero-order valence-electron chi connectivity index (χ0n) is 13.7. The molecular weight excluding hydrogens is 366 g/mol. The summed E-state index contributed by atoms with van der Waals surface area (Å²) in [5, 5.41) is 9.92. The van der Waals surface area contributed by atoms with Crippen LogP contribution in [0.15, 0.2) is 53.4 Å². The molecule has 0 radical (unpaired) electrons. The summed E-state index contributed by atoms with van der Waals surface area (Å²) < 4.78 is 31.4. The lowest BCUT2D eigenvalue weighted by Gasteiger charge is -2.24. The number of hydrogen-bond acceptors (Lipinski definition) is 4. The number of rotatable bonds is 7. The Balaban J connectivity index is 2.32. The normalized spacial score (nSPS) is 12.8. The number of carboxylic acids is 1. The van der Waals surface area contributed by atoms with Crippen molar-refractivity contribution in [2.45, 2.75) is 17.4 Å². The average Bonchev–Trinajstić information content (AvgIpc) is 2.59. The first kappa shape index (κ1) is 19.2. The van der Waals surface area contributed by atoms with Crippen LogP contribution in [0.4, 0.5) is 0 Å². The number of likely N-dealkylation sites (N-methyl/N-ethyl adjacent to an activating group) is 1. The van der Waals surface area contributed by atoms with Crippen molar-refractivity contribution in [3.8, 4) is 5.75 Å². The Bertz CT molecular complexity index is 852. The lowest BCUT2D eigenvalue weighted by Crippen LogP contribution is -2.43. The van der Waals surface area contributed by atoms with Crippen LogP contribution < -0.4 is 4.74 Å². The summed E-state index contributed by atoms with van der Waals surface area (Å²) in [5.41, 5.74) is 0.657. The van der Waals surface area contributed by atoms with Gasteiger partial charge in [0.05, 0.1) is 12.0 Å². The fraction of sp³-hybridized carbons (Fsp3) is 0.235. The minimum atomic E-state index is -3.97. The van der Waals surface area contributed by atoms with Gasteiger partial charge in [-0.05, 0) is 48.4 Å². The van der Waals surface area contributed by atoms with E-state index in [9.17, 15) is 18.3 Å². The van der Waals surface area contributed by atoms with Crippen molar-refractivity contribution in [2.75, 3.05) is 14.2 Å². The molecule has 2 rings (SSSR count). The first-order valence-corrected chi connectivity index (χ1v) is 9.17. The van der Waals surface area contributed by atoms with Gasteiger partial charge < -0.3 is 9.84 Å². The zero-order chi connectivity index (χ0) is 18.6. The summed E-state index contributed by atoms with van der Waals surface area (Å²) in [4.78, 5) is 11.7. The second-order valence-corrected chi connectivity index (χ2v) is 7.82. The summed E-state index contributed by atoms with van der Waals surface area (Å²) in [5.74, 6) is -0.660. The Kier molecular flexibility index (Phi) is 6.05. The number of halogens is 1. The first-order valence-electron chi connectivity index (χ1n) is 7.35. The molecular formula is C17H18ClNO5S. The van der Waals surface area contributed by atoms with E-state index >= 15 is 0 Å². The highest BCUT2D eigenvalue weighted by Crippen LogP contribution is 2.22. The highest BCUT2D eigenvalue weighted by Gasteiger charge is 2.33.